The molecule has 0 saturated heterocycles. The Morgan fingerprint density at radius 1 is 1.30 bits per heavy atom. The maximum atomic E-state index is 13.7. The van der Waals surface area contributed by atoms with Crippen molar-refractivity contribution < 1.29 is 28.6 Å². The van der Waals surface area contributed by atoms with Crippen LogP contribution in [0.2, 0.25) is 0 Å². The van der Waals surface area contributed by atoms with Gasteiger partial charge in [0.2, 0.25) is 0 Å². The number of esters is 1. The average Bonchev–Trinajstić information content (AvgIpc) is 2.44. The van der Waals surface area contributed by atoms with E-state index >= 15 is 0 Å². The number of hydrogen-bond acceptors (Lipinski definition) is 4. The monoisotopic (exact) mass is 326 g/mol. The molecule has 8 heteroatoms. The molecule has 0 atom stereocenters. The second-order valence-electron chi connectivity index (χ2n) is 5.51. The zero-order valence-electron chi connectivity index (χ0n) is 13.1. The first kappa shape index (κ1) is 18.4. The van der Waals surface area contributed by atoms with Crippen LogP contribution in [0.5, 0.6) is 0 Å². The van der Waals surface area contributed by atoms with E-state index in [-0.39, 0.29) is 24.1 Å². The molecule has 0 aromatic heterocycles. The van der Waals surface area contributed by atoms with E-state index in [1.807, 2.05) is 0 Å². The number of ether oxygens (including phenoxy) is 1. The molecule has 1 rings (SSSR count). The zero-order chi connectivity index (χ0) is 17.6. The number of benzene rings is 1. The topological polar surface area (TPSA) is 105 Å². The maximum Gasteiger partial charge on any atom is 0.342 e. The van der Waals surface area contributed by atoms with Gasteiger partial charge in [0.15, 0.2) is 0 Å². The summed E-state index contributed by atoms with van der Waals surface area (Å²) in [6, 6.07) is 3.09. The van der Waals surface area contributed by atoms with E-state index in [0.717, 1.165) is 13.2 Å². The summed E-state index contributed by atoms with van der Waals surface area (Å²) in [5.41, 5.74) is -1.21. The van der Waals surface area contributed by atoms with Crippen LogP contribution in [0, 0.1) is 5.82 Å². The molecule has 2 amide bonds. The number of methoxy groups -OCH3 is 1. The van der Waals surface area contributed by atoms with Crippen molar-refractivity contribution in [1.82, 2.24) is 5.32 Å². The number of anilines is 1. The summed E-state index contributed by atoms with van der Waals surface area (Å²) in [4.78, 5) is 34.2. The molecule has 1 aromatic carbocycles. The van der Waals surface area contributed by atoms with Crippen molar-refractivity contribution in [2.75, 3.05) is 12.4 Å². The molecule has 126 valence electrons. The number of carboxylic acid groups (broad SMARTS) is 1. The van der Waals surface area contributed by atoms with Gasteiger partial charge in [0.05, 0.1) is 12.8 Å². The predicted octanol–water partition coefficient (Wildman–Crippen LogP) is 2.38. The Morgan fingerprint density at radius 2 is 1.96 bits per heavy atom. The summed E-state index contributed by atoms with van der Waals surface area (Å²) in [6.07, 6.45) is 0.101. The Morgan fingerprint density at radius 3 is 2.52 bits per heavy atom. The highest BCUT2D eigenvalue weighted by Crippen LogP contribution is 2.20. The molecule has 0 aliphatic heterocycles. The molecule has 0 radical (unpaired) electrons. The molecule has 0 aliphatic carbocycles. The Labute approximate surface area is 132 Å². The molecule has 0 heterocycles. The van der Waals surface area contributed by atoms with Gasteiger partial charge in [0.1, 0.15) is 11.4 Å². The fraction of sp³-hybridized carbons (Fsp3) is 0.400. The van der Waals surface area contributed by atoms with E-state index in [0.29, 0.717) is 0 Å². The van der Waals surface area contributed by atoms with E-state index in [1.54, 1.807) is 13.8 Å². The first-order chi connectivity index (χ1) is 10.7. The largest absolute Gasteiger partial charge is 0.481 e. The number of aliphatic carboxylic acids is 1. The van der Waals surface area contributed by atoms with E-state index in [1.165, 1.54) is 12.1 Å². The van der Waals surface area contributed by atoms with Gasteiger partial charge in [0, 0.05) is 12.0 Å². The Balaban J connectivity index is 2.84. The van der Waals surface area contributed by atoms with Crippen LogP contribution in [0.25, 0.3) is 0 Å². The number of nitrogens with one attached hydrogen (secondary N) is 2. The van der Waals surface area contributed by atoms with Crippen LogP contribution in [0.4, 0.5) is 14.9 Å². The first-order valence-corrected chi connectivity index (χ1v) is 6.84. The summed E-state index contributed by atoms with van der Waals surface area (Å²) in [6.45, 7) is 3.31. The smallest absolute Gasteiger partial charge is 0.342 e. The lowest BCUT2D eigenvalue weighted by atomic mass is 9.99. The van der Waals surface area contributed by atoms with Gasteiger partial charge in [0.25, 0.3) is 0 Å². The van der Waals surface area contributed by atoms with Gasteiger partial charge in [-0.2, -0.15) is 0 Å². The highest BCUT2D eigenvalue weighted by atomic mass is 19.1. The van der Waals surface area contributed by atoms with Gasteiger partial charge in [-0.3, -0.25) is 4.79 Å². The lowest BCUT2D eigenvalue weighted by molar-refractivity contribution is -0.137. The highest BCUT2D eigenvalue weighted by Gasteiger charge is 2.23. The van der Waals surface area contributed by atoms with Crippen molar-refractivity contribution in [3.8, 4) is 0 Å². The van der Waals surface area contributed by atoms with Crippen LogP contribution in [0.1, 0.15) is 37.0 Å². The number of hydrogen-bond donors (Lipinski definition) is 3. The third-order valence-corrected chi connectivity index (χ3v) is 3.07. The molecule has 0 spiro atoms. The molecule has 0 unspecified atom stereocenters. The van der Waals surface area contributed by atoms with E-state index in [2.05, 4.69) is 15.4 Å². The molecule has 7 nitrogen and oxygen atoms in total. The van der Waals surface area contributed by atoms with Crippen LogP contribution in [-0.2, 0) is 9.53 Å². The van der Waals surface area contributed by atoms with Crippen molar-refractivity contribution in [2.24, 2.45) is 0 Å². The number of carbonyl (C=O) groups is 3. The minimum Gasteiger partial charge on any atom is -0.481 e. The molecule has 3 N–H and O–H groups in total. The summed E-state index contributed by atoms with van der Waals surface area (Å²) in [5, 5.41) is 13.6. The normalized spacial score (nSPS) is 10.8. The number of halogens is 1. The third kappa shape index (κ3) is 5.57. The fourth-order valence-electron chi connectivity index (χ4n) is 1.88. The lowest BCUT2D eigenvalue weighted by Gasteiger charge is -2.26. The fourth-order valence-corrected chi connectivity index (χ4v) is 1.88. The molecule has 0 fully saturated rings. The van der Waals surface area contributed by atoms with Crippen LogP contribution >= 0.6 is 0 Å². The number of amides is 2. The minimum atomic E-state index is -0.974. The SMILES string of the molecule is COC(=O)c1c(F)cccc1NC(=O)NC(C)(C)CCC(=O)O. The molecule has 0 aliphatic rings. The van der Waals surface area contributed by atoms with Crippen molar-refractivity contribution in [3.63, 3.8) is 0 Å². The van der Waals surface area contributed by atoms with Crippen LogP contribution < -0.4 is 10.6 Å². The Bertz CT molecular complexity index is 616. The molecule has 0 bridgehead atoms. The summed E-state index contributed by atoms with van der Waals surface area (Å²) >= 11 is 0. The van der Waals surface area contributed by atoms with Crippen LogP contribution in [0.15, 0.2) is 18.2 Å². The van der Waals surface area contributed by atoms with Gasteiger partial charge in [-0.05, 0) is 32.4 Å². The van der Waals surface area contributed by atoms with Crippen molar-refractivity contribution in [2.45, 2.75) is 32.2 Å². The molecular formula is C15H19FN2O5. The van der Waals surface area contributed by atoms with Crippen LogP contribution in [-0.4, -0.2) is 35.7 Å². The van der Waals surface area contributed by atoms with Crippen molar-refractivity contribution >= 4 is 23.7 Å². The van der Waals surface area contributed by atoms with Crippen molar-refractivity contribution in [1.29, 1.82) is 0 Å². The van der Waals surface area contributed by atoms with E-state index in [4.69, 9.17) is 5.11 Å². The van der Waals surface area contributed by atoms with Gasteiger partial charge < -0.3 is 20.5 Å². The number of carboxylic acids is 1. The zero-order valence-corrected chi connectivity index (χ0v) is 13.1. The van der Waals surface area contributed by atoms with Gasteiger partial charge in [-0.15, -0.1) is 0 Å². The maximum absolute atomic E-state index is 13.7. The Kier molecular flexibility index (Phi) is 6.06. The summed E-state index contributed by atoms with van der Waals surface area (Å²) in [5.74, 6) is -2.71. The summed E-state index contributed by atoms with van der Waals surface area (Å²) in [7, 11) is 1.10. The van der Waals surface area contributed by atoms with Gasteiger partial charge >= 0.3 is 18.0 Å². The average molecular weight is 326 g/mol. The molecular weight excluding hydrogens is 307 g/mol. The molecule has 0 saturated carbocycles. The van der Waals surface area contributed by atoms with Crippen LogP contribution in [0.3, 0.4) is 0 Å². The quantitative estimate of drug-likeness (QED) is 0.696. The second-order valence-corrected chi connectivity index (χ2v) is 5.51. The third-order valence-electron chi connectivity index (χ3n) is 3.07. The lowest BCUT2D eigenvalue weighted by Crippen LogP contribution is -2.46. The molecule has 23 heavy (non-hydrogen) atoms. The number of urea groups is 1. The van der Waals surface area contributed by atoms with E-state index in [9.17, 15) is 18.8 Å². The Hall–Kier alpha value is -2.64. The number of carbonyl (C=O) groups excluding carboxylic acids is 2. The molecule has 1 aromatic rings. The van der Waals surface area contributed by atoms with Gasteiger partial charge in [-0.1, -0.05) is 6.07 Å². The standard InChI is InChI=1S/C15H19FN2O5/c1-15(2,8-7-11(19)20)18-14(22)17-10-6-4-5-9(16)12(10)13(21)23-3/h4-6H,7-8H2,1-3H3,(H,19,20)(H2,17,18,22). The number of rotatable bonds is 6. The van der Waals surface area contributed by atoms with Gasteiger partial charge in [-0.25, -0.2) is 14.0 Å². The summed E-state index contributed by atoms with van der Waals surface area (Å²) < 4.78 is 18.2. The minimum absolute atomic E-state index is 0.0385. The second kappa shape index (κ2) is 7.57. The van der Waals surface area contributed by atoms with E-state index < -0.39 is 29.3 Å². The predicted molar refractivity (Wildman–Crippen MR) is 80.8 cm³/mol. The highest BCUT2D eigenvalue weighted by molar-refractivity contribution is 6.01. The first-order valence-electron chi connectivity index (χ1n) is 6.84. The van der Waals surface area contributed by atoms with Crippen molar-refractivity contribution in [3.05, 3.63) is 29.6 Å².